The van der Waals surface area contributed by atoms with Crippen LogP contribution in [0.2, 0.25) is 0 Å². The van der Waals surface area contributed by atoms with Gasteiger partial charge in [-0.3, -0.25) is 4.90 Å². The van der Waals surface area contributed by atoms with Crippen molar-refractivity contribution >= 4 is 10.0 Å². The Morgan fingerprint density at radius 3 is 2.37 bits per heavy atom. The van der Waals surface area contributed by atoms with Crippen molar-refractivity contribution in [1.29, 1.82) is 0 Å². The maximum absolute atomic E-state index is 11.6. The molecule has 0 aromatic heterocycles. The summed E-state index contributed by atoms with van der Waals surface area (Å²) in [5.41, 5.74) is 0. The van der Waals surface area contributed by atoms with Gasteiger partial charge in [0.2, 0.25) is 10.0 Å². The summed E-state index contributed by atoms with van der Waals surface area (Å²) < 4.78 is 31.6. The van der Waals surface area contributed by atoms with E-state index in [1.807, 2.05) is 0 Å². The molecule has 1 N–H and O–H groups in total. The third-order valence-electron chi connectivity index (χ3n) is 3.66. The number of hydrogen-bond donors (Lipinski definition) is 1. The largest absolute Gasteiger partial charge is 0.373 e. The molecule has 6 heteroatoms. The second-order valence-electron chi connectivity index (χ2n) is 5.86. The number of nitrogens with one attached hydrogen (secondary N) is 1. The number of morpholine rings is 1. The van der Waals surface area contributed by atoms with E-state index in [0.717, 1.165) is 45.3 Å². The van der Waals surface area contributed by atoms with E-state index in [9.17, 15) is 8.42 Å². The molecule has 0 spiro atoms. The number of sulfonamides is 1. The monoisotopic (exact) mass is 290 g/mol. The summed E-state index contributed by atoms with van der Waals surface area (Å²) in [5, 5.41) is -0.103. The van der Waals surface area contributed by atoms with Gasteiger partial charge in [-0.2, -0.15) is 0 Å². The first kappa shape index (κ1) is 15.2. The van der Waals surface area contributed by atoms with E-state index in [1.165, 1.54) is 0 Å². The molecule has 1 heterocycles. The van der Waals surface area contributed by atoms with Crippen LogP contribution in [0.1, 0.15) is 39.5 Å². The molecule has 0 amide bonds. The second kappa shape index (κ2) is 6.52. The fourth-order valence-corrected chi connectivity index (χ4v) is 4.06. The van der Waals surface area contributed by atoms with Crippen LogP contribution in [0.5, 0.6) is 0 Å². The van der Waals surface area contributed by atoms with Gasteiger partial charge in [0.1, 0.15) is 0 Å². The Hall–Kier alpha value is -0.170. The molecule has 0 unspecified atom stereocenters. The summed E-state index contributed by atoms with van der Waals surface area (Å²) in [6.45, 7) is 7.78. The highest BCUT2D eigenvalue weighted by molar-refractivity contribution is 7.90. The molecule has 0 radical (unpaired) electrons. The minimum absolute atomic E-state index is 0.103. The molecule has 2 rings (SSSR count). The lowest BCUT2D eigenvalue weighted by molar-refractivity contribution is -0.0681. The molecule has 2 fully saturated rings. The molecule has 0 bridgehead atoms. The number of nitrogens with zero attached hydrogens (tertiary/aromatic N) is 1. The fraction of sp³-hybridized carbons (Fsp3) is 1.00. The van der Waals surface area contributed by atoms with Crippen LogP contribution in [0.25, 0.3) is 0 Å². The molecule has 1 saturated carbocycles. The third-order valence-corrected chi connectivity index (χ3v) is 5.62. The summed E-state index contributed by atoms with van der Waals surface area (Å²) in [5.74, 6) is 0. The molecule has 2 atom stereocenters. The molecule has 19 heavy (non-hydrogen) atoms. The number of ether oxygens (including phenoxy) is 1. The third kappa shape index (κ3) is 5.02. The Bertz CT molecular complexity index is 371. The van der Waals surface area contributed by atoms with Crippen molar-refractivity contribution in [3.05, 3.63) is 0 Å². The van der Waals surface area contributed by atoms with Gasteiger partial charge in [-0.25, -0.2) is 13.1 Å². The summed E-state index contributed by atoms with van der Waals surface area (Å²) in [6.07, 6.45) is 4.21. The van der Waals surface area contributed by atoms with Crippen LogP contribution in [-0.2, 0) is 14.8 Å². The first-order chi connectivity index (χ1) is 8.97. The van der Waals surface area contributed by atoms with Crippen LogP contribution in [0.4, 0.5) is 0 Å². The van der Waals surface area contributed by atoms with Gasteiger partial charge >= 0.3 is 0 Å². The average molecular weight is 290 g/mol. The van der Waals surface area contributed by atoms with Crippen molar-refractivity contribution in [3.8, 4) is 0 Å². The van der Waals surface area contributed by atoms with E-state index >= 15 is 0 Å². The summed E-state index contributed by atoms with van der Waals surface area (Å²) in [6, 6.07) is 0. The molecule has 5 nitrogen and oxygen atoms in total. The molecular weight excluding hydrogens is 264 g/mol. The quantitative estimate of drug-likeness (QED) is 0.710. The normalized spacial score (nSPS) is 29.6. The minimum atomic E-state index is -2.99. The zero-order valence-corrected chi connectivity index (χ0v) is 12.8. The number of rotatable bonds is 7. The maximum atomic E-state index is 11.6. The van der Waals surface area contributed by atoms with Crippen molar-refractivity contribution in [2.75, 3.05) is 26.2 Å². The van der Waals surface area contributed by atoms with Crippen LogP contribution >= 0.6 is 0 Å². The lowest BCUT2D eigenvalue weighted by Crippen LogP contribution is -2.45. The van der Waals surface area contributed by atoms with E-state index < -0.39 is 10.0 Å². The molecule has 0 aromatic carbocycles. The molecule has 1 aliphatic carbocycles. The Balaban J connectivity index is 1.56. The Labute approximate surface area is 116 Å². The van der Waals surface area contributed by atoms with Crippen molar-refractivity contribution < 1.29 is 13.2 Å². The van der Waals surface area contributed by atoms with E-state index in [0.29, 0.717) is 18.8 Å². The van der Waals surface area contributed by atoms with Gasteiger partial charge in [0.25, 0.3) is 0 Å². The van der Waals surface area contributed by atoms with Crippen molar-refractivity contribution in [1.82, 2.24) is 9.62 Å². The summed E-state index contributed by atoms with van der Waals surface area (Å²) in [7, 11) is -2.99. The molecule has 0 aromatic rings. The van der Waals surface area contributed by atoms with Gasteiger partial charge in [-0.05, 0) is 46.1 Å². The second-order valence-corrected chi connectivity index (χ2v) is 7.91. The van der Waals surface area contributed by atoms with Gasteiger partial charge in [0.05, 0.1) is 17.5 Å². The lowest BCUT2D eigenvalue weighted by Gasteiger charge is -2.35. The highest BCUT2D eigenvalue weighted by Crippen LogP contribution is 2.27. The Morgan fingerprint density at radius 2 is 1.79 bits per heavy atom. The first-order valence-electron chi connectivity index (χ1n) is 7.33. The Morgan fingerprint density at radius 1 is 1.16 bits per heavy atom. The number of unbranched alkanes of at least 4 members (excludes halogenated alkanes) is 1. The van der Waals surface area contributed by atoms with Crippen molar-refractivity contribution in [2.45, 2.75) is 57.0 Å². The predicted molar refractivity (Wildman–Crippen MR) is 75.6 cm³/mol. The zero-order chi connectivity index (χ0) is 13.9. The topological polar surface area (TPSA) is 58.6 Å². The lowest BCUT2D eigenvalue weighted by atomic mass is 10.2. The SMILES string of the molecule is C[C@@H]1CN(CCCCNS(=O)(=O)C2CC2)C[C@H](C)O1. The predicted octanol–water partition coefficient (Wildman–Crippen LogP) is 0.958. The van der Waals surface area contributed by atoms with Crippen LogP contribution in [-0.4, -0.2) is 57.0 Å². The van der Waals surface area contributed by atoms with Gasteiger partial charge in [0.15, 0.2) is 0 Å². The summed E-state index contributed by atoms with van der Waals surface area (Å²) >= 11 is 0. The highest BCUT2D eigenvalue weighted by Gasteiger charge is 2.35. The Kier molecular flexibility index (Phi) is 5.22. The fourth-order valence-electron chi connectivity index (χ4n) is 2.64. The minimum Gasteiger partial charge on any atom is -0.373 e. The zero-order valence-electron chi connectivity index (χ0n) is 12.0. The van der Waals surface area contributed by atoms with E-state index in [-0.39, 0.29) is 5.25 Å². The molecule has 1 saturated heterocycles. The highest BCUT2D eigenvalue weighted by atomic mass is 32.2. The molecule has 112 valence electrons. The average Bonchev–Trinajstić information content (AvgIpc) is 3.10. The van der Waals surface area contributed by atoms with Crippen molar-refractivity contribution in [3.63, 3.8) is 0 Å². The van der Waals surface area contributed by atoms with Crippen LogP contribution in [0, 0.1) is 0 Å². The smallest absolute Gasteiger partial charge is 0.214 e. The van der Waals surface area contributed by atoms with Gasteiger partial charge < -0.3 is 4.74 Å². The standard InChI is InChI=1S/C13H26N2O3S/c1-11-9-15(10-12(2)18-11)8-4-3-7-14-19(16,17)13-5-6-13/h11-14H,3-10H2,1-2H3/t11-,12+. The maximum Gasteiger partial charge on any atom is 0.214 e. The molecule has 2 aliphatic rings. The van der Waals surface area contributed by atoms with Gasteiger partial charge in [-0.15, -0.1) is 0 Å². The van der Waals surface area contributed by atoms with Gasteiger partial charge in [-0.1, -0.05) is 0 Å². The number of hydrogen-bond acceptors (Lipinski definition) is 4. The molecule has 1 aliphatic heterocycles. The van der Waals surface area contributed by atoms with Crippen LogP contribution in [0.3, 0.4) is 0 Å². The van der Waals surface area contributed by atoms with Gasteiger partial charge in [0, 0.05) is 19.6 Å². The van der Waals surface area contributed by atoms with E-state index in [1.54, 1.807) is 0 Å². The van der Waals surface area contributed by atoms with Crippen LogP contribution < -0.4 is 4.72 Å². The van der Waals surface area contributed by atoms with Crippen LogP contribution in [0.15, 0.2) is 0 Å². The summed E-state index contributed by atoms with van der Waals surface area (Å²) in [4.78, 5) is 2.41. The van der Waals surface area contributed by atoms with E-state index in [4.69, 9.17) is 4.74 Å². The van der Waals surface area contributed by atoms with E-state index in [2.05, 4.69) is 23.5 Å². The first-order valence-corrected chi connectivity index (χ1v) is 8.88. The van der Waals surface area contributed by atoms with Crippen molar-refractivity contribution in [2.24, 2.45) is 0 Å². The molecular formula is C13H26N2O3S.